The molecule has 6 heteroatoms. The number of aliphatic imine (C=N–C) groups is 1. The SMILES string of the molecule is CNC(=O)c1cc(C(=O)CC2CCC2)cn(Cc2cccc3c2N=CC3)c1=O. The van der Waals surface area contributed by atoms with Crippen LogP contribution >= 0.6 is 0 Å². The number of hydrogen-bond acceptors (Lipinski definition) is 4. The van der Waals surface area contributed by atoms with Crippen LogP contribution in [0.25, 0.3) is 0 Å². The van der Waals surface area contributed by atoms with Gasteiger partial charge in [-0.25, -0.2) is 0 Å². The van der Waals surface area contributed by atoms with E-state index in [1.54, 1.807) is 6.20 Å². The molecule has 6 nitrogen and oxygen atoms in total. The minimum Gasteiger partial charge on any atom is -0.355 e. The smallest absolute Gasteiger partial charge is 0.263 e. The van der Waals surface area contributed by atoms with E-state index in [1.807, 2.05) is 24.4 Å². The van der Waals surface area contributed by atoms with Crippen LogP contribution in [-0.2, 0) is 13.0 Å². The molecule has 1 saturated carbocycles. The van der Waals surface area contributed by atoms with Gasteiger partial charge >= 0.3 is 0 Å². The lowest BCUT2D eigenvalue weighted by Gasteiger charge is -2.24. The molecule has 1 aliphatic heterocycles. The van der Waals surface area contributed by atoms with Gasteiger partial charge < -0.3 is 9.88 Å². The molecule has 1 fully saturated rings. The quantitative estimate of drug-likeness (QED) is 0.786. The first kappa shape index (κ1) is 18.3. The van der Waals surface area contributed by atoms with Crippen molar-refractivity contribution in [1.82, 2.24) is 9.88 Å². The van der Waals surface area contributed by atoms with E-state index in [0.29, 0.717) is 17.9 Å². The number of carbonyl (C=O) groups is 2. The number of fused-ring (bicyclic) bond motifs is 1. The first-order valence-electron chi connectivity index (χ1n) is 9.70. The van der Waals surface area contributed by atoms with E-state index >= 15 is 0 Å². The summed E-state index contributed by atoms with van der Waals surface area (Å²) in [5.74, 6) is -0.0728. The van der Waals surface area contributed by atoms with Gasteiger partial charge in [-0.1, -0.05) is 37.5 Å². The van der Waals surface area contributed by atoms with Crippen molar-refractivity contribution in [2.24, 2.45) is 10.9 Å². The molecule has 0 atom stereocenters. The van der Waals surface area contributed by atoms with Gasteiger partial charge in [-0.3, -0.25) is 19.4 Å². The Hall–Kier alpha value is -3.02. The summed E-state index contributed by atoms with van der Waals surface area (Å²) in [5, 5.41) is 2.50. The Morgan fingerprint density at radius 3 is 2.82 bits per heavy atom. The maximum atomic E-state index is 12.9. The number of pyridine rings is 1. The van der Waals surface area contributed by atoms with Crippen LogP contribution in [-0.4, -0.2) is 29.5 Å². The molecule has 0 bridgehead atoms. The van der Waals surface area contributed by atoms with Gasteiger partial charge in [0.15, 0.2) is 5.78 Å². The average Bonchev–Trinajstić information content (AvgIpc) is 3.15. The van der Waals surface area contributed by atoms with Crippen LogP contribution in [0.4, 0.5) is 5.69 Å². The first-order valence-corrected chi connectivity index (χ1v) is 9.70. The van der Waals surface area contributed by atoms with Crippen molar-refractivity contribution in [2.45, 2.75) is 38.6 Å². The molecule has 1 N–H and O–H groups in total. The van der Waals surface area contributed by atoms with Crippen molar-refractivity contribution < 1.29 is 9.59 Å². The maximum absolute atomic E-state index is 12.9. The molecule has 1 amide bonds. The van der Waals surface area contributed by atoms with Gasteiger partial charge in [-0.05, 0) is 23.1 Å². The van der Waals surface area contributed by atoms with Crippen molar-refractivity contribution in [2.75, 3.05) is 7.05 Å². The predicted octanol–water partition coefficient (Wildman–Crippen LogP) is 2.89. The highest BCUT2D eigenvalue weighted by atomic mass is 16.2. The number of rotatable bonds is 6. The van der Waals surface area contributed by atoms with Crippen LogP contribution in [0.1, 0.15) is 57.5 Å². The van der Waals surface area contributed by atoms with Crippen LogP contribution in [0.15, 0.2) is 40.2 Å². The molecular formula is C22H23N3O3. The highest BCUT2D eigenvalue weighted by molar-refractivity contribution is 6.00. The number of aromatic nitrogens is 1. The van der Waals surface area contributed by atoms with Gasteiger partial charge in [0.2, 0.25) is 0 Å². The molecular weight excluding hydrogens is 354 g/mol. The second kappa shape index (κ2) is 7.54. The summed E-state index contributed by atoms with van der Waals surface area (Å²) >= 11 is 0. The molecule has 1 aliphatic carbocycles. The summed E-state index contributed by atoms with van der Waals surface area (Å²) in [6.45, 7) is 0.272. The number of Topliss-reactive ketones (excluding diaryl/α,β-unsaturated/α-hetero) is 1. The molecule has 28 heavy (non-hydrogen) atoms. The number of benzene rings is 1. The summed E-state index contributed by atoms with van der Waals surface area (Å²) in [6, 6.07) is 7.32. The van der Waals surface area contributed by atoms with Gasteiger partial charge in [-0.2, -0.15) is 0 Å². The summed E-state index contributed by atoms with van der Waals surface area (Å²) in [6.07, 6.45) is 8.00. The summed E-state index contributed by atoms with van der Waals surface area (Å²) in [4.78, 5) is 42.3. The Balaban J connectivity index is 1.73. The van der Waals surface area contributed by atoms with Crippen LogP contribution in [0.5, 0.6) is 0 Å². The van der Waals surface area contributed by atoms with Crippen molar-refractivity contribution in [3.05, 3.63) is 63.1 Å². The van der Waals surface area contributed by atoms with Crippen molar-refractivity contribution >= 4 is 23.6 Å². The Kier molecular flexibility index (Phi) is 4.94. The third kappa shape index (κ3) is 3.42. The number of nitrogens with zero attached hydrogens (tertiary/aromatic N) is 2. The van der Waals surface area contributed by atoms with Gasteiger partial charge in [0.25, 0.3) is 11.5 Å². The Morgan fingerprint density at radius 2 is 2.11 bits per heavy atom. The molecule has 0 unspecified atom stereocenters. The summed E-state index contributed by atoms with van der Waals surface area (Å²) in [5.41, 5.74) is 2.91. The molecule has 0 spiro atoms. The van der Waals surface area contributed by atoms with Gasteiger partial charge in [0.05, 0.1) is 12.2 Å². The molecule has 2 aliphatic rings. The van der Waals surface area contributed by atoms with Crippen LogP contribution < -0.4 is 10.9 Å². The standard InChI is InChI=1S/C22H23N3O3/c1-23-21(27)18-11-17(19(26)10-14-4-2-5-14)13-25(22(18)28)12-16-7-3-6-15-8-9-24-20(15)16/h3,6-7,9,11,13-14H,2,4-5,8,10,12H2,1H3,(H,23,27). The fourth-order valence-electron chi connectivity index (χ4n) is 3.80. The molecule has 2 aromatic rings. The lowest BCUT2D eigenvalue weighted by molar-refractivity contribution is 0.0935. The summed E-state index contributed by atoms with van der Waals surface area (Å²) in [7, 11) is 1.48. The fraction of sp³-hybridized carbons (Fsp3) is 0.364. The lowest BCUT2D eigenvalue weighted by Crippen LogP contribution is -2.32. The highest BCUT2D eigenvalue weighted by Crippen LogP contribution is 2.31. The zero-order chi connectivity index (χ0) is 19.7. The predicted molar refractivity (Wildman–Crippen MR) is 108 cm³/mol. The molecule has 0 radical (unpaired) electrons. The minimum atomic E-state index is -0.478. The molecule has 1 aromatic heterocycles. The van der Waals surface area contributed by atoms with E-state index in [9.17, 15) is 14.4 Å². The third-order valence-corrected chi connectivity index (χ3v) is 5.65. The first-order chi connectivity index (χ1) is 13.6. The number of hydrogen-bond donors (Lipinski definition) is 1. The van der Waals surface area contributed by atoms with E-state index in [4.69, 9.17) is 0 Å². The monoisotopic (exact) mass is 377 g/mol. The fourth-order valence-corrected chi connectivity index (χ4v) is 3.80. The van der Waals surface area contributed by atoms with Crippen molar-refractivity contribution in [1.29, 1.82) is 0 Å². The van der Waals surface area contributed by atoms with Gasteiger partial charge in [-0.15, -0.1) is 0 Å². The second-order valence-electron chi connectivity index (χ2n) is 7.52. The van der Waals surface area contributed by atoms with E-state index in [2.05, 4.69) is 10.3 Å². The number of amides is 1. The molecule has 0 saturated heterocycles. The minimum absolute atomic E-state index is 0.00182. The van der Waals surface area contributed by atoms with E-state index in [0.717, 1.165) is 36.1 Å². The Bertz CT molecular complexity index is 1030. The van der Waals surface area contributed by atoms with E-state index < -0.39 is 11.5 Å². The maximum Gasteiger partial charge on any atom is 0.263 e. The van der Waals surface area contributed by atoms with E-state index in [-0.39, 0.29) is 17.9 Å². The lowest BCUT2D eigenvalue weighted by atomic mass is 9.81. The topological polar surface area (TPSA) is 80.5 Å². The summed E-state index contributed by atoms with van der Waals surface area (Å²) < 4.78 is 1.46. The second-order valence-corrected chi connectivity index (χ2v) is 7.52. The largest absolute Gasteiger partial charge is 0.355 e. The zero-order valence-corrected chi connectivity index (χ0v) is 15.9. The average molecular weight is 377 g/mol. The van der Waals surface area contributed by atoms with Crippen LogP contribution in [0.3, 0.4) is 0 Å². The van der Waals surface area contributed by atoms with Crippen molar-refractivity contribution in [3.8, 4) is 0 Å². The van der Waals surface area contributed by atoms with E-state index in [1.165, 1.54) is 24.1 Å². The third-order valence-electron chi connectivity index (χ3n) is 5.65. The van der Waals surface area contributed by atoms with Crippen molar-refractivity contribution in [3.63, 3.8) is 0 Å². The van der Waals surface area contributed by atoms with Crippen LogP contribution in [0, 0.1) is 5.92 Å². The highest BCUT2D eigenvalue weighted by Gasteiger charge is 2.23. The van der Waals surface area contributed by atoms with Crippen LogP contribution in [0.2, 0.25) is 0 Å². The number of ketones is 1. The Morgan fingerprint density at radius 1 is 1.29 bits per heavy atom. The van der Waals surface area contributed by atoms with Gasteiger partial charge in [0.1, 0.15) is 5.56 Å². The number of para-hydroxylation sites is 1. The number of carbonyl (C=O) groups excluding carboxylic acids is 2. The normalized spacial score (nSPS) is 15.2. The zero-order valence-electron chi connectivity index (χ0n) is 15.9. The molecule has 1 aromatic carbocycles. The molecule has 144 valence electrons. The number of nitrogens with one attached hydrogen (secondary N) is 1. The van der Waals surface area contributed by atoms with Gasteiger partial charge in [0, 0.05) is 37.9 Å². The Labute approximate surface area is 163 Å². The molecule has 4 rings (SSSR count). The molecule has 2 heterocycles.